The van der Waals surface area contributed by atoms with Gasteiger partial charge in [0.25, 0.3) is 5.91 Å². The number of methoxy groups -OCH3 is 1. The smallest absolute Gasteiger partial charge is 0.422 e. The normalized spacial score (nSPS) is 12.1. The van der Waals surface area contributed by atoms with Gasteiger partial charge < -0.3 is 15.4 Å². The van der Waals surface area contributed by atoms with Crippen LogP contribution in [0.1, 0.15) is 22.8 Å². The van der Waals surface area contributed by atoms with E-state index in [2.05, 4.69) is 5.32 Å². The number of ether oxygens (including phenoxy) is 1. The fourth-order valence-electron chi connectivity index (χ4n) is 3.04. The molecule has 37 heavy (non-hydrogen) atoms. The van der Waals surface area contributed by atoms with E-state index in [-0.39, 0.29) is 0 Å². The average Bonchev–Trinajstić information content (AvgIpc) is 2.85. The molecule has 0 fully saturated rings. The zero-order valence-electron chi connectivity index (χ0n) is 19.0. The molecule has 3 rings (SSSR count). The molecular weight excluding hydrogens is 529 g/mol. The number of hydrogen-bond acceptors (Lipinski definition) is 4. The lowest BCUT2D eigenvalue weighted by atomic mass is 10.1. The lowest BCUT2D eigenvalue weighted by Crippen LogP contribution is -2.25. The van der Waals surface area contributed by atoms with Crippen molar-refractivity contribution in [3.8, 4) is 5.75 Å². The quantitative estimate of drug-likeness (QED) is 0.198. The Balaban J connectivity index is 1.66. The standard InChI is InChI=1S/C24H17F7N2O3S/c1-11(22(34)33-21-19(27)17(25)16(24(29,30)31)18(26)20(21)28)37-15-9-5-13(6-10-15)32-23(35)12-3-7-14(36-2)8-4-12/h3-11H,1-2H3,(H,32,35)(H,33,34). The number of anilines is 2. The first kappa shape index (κ1) is 27.8. The lowest BCUT2D eigenvalue weighted by molar-refractivity contribution is -0.143. The highest BCUT2D eigenvalue weighted by Gasteiger charge is 2.42. The van der Waals surface area contributed by atoms with Crippen LogP contribution in [0.15, 0.2) is 53.4 Å². The molecule has 2 amide bonds. The zero-order chi connectivity index (χ0) is 27.5. The molecular formula is C24H17F7N2O3S. The third-order valence-electron chi connectivity index (χ3n) is 4.94. The van der Waals surface area contributed by atoms with Crippen LogP contribution in [0, 0.1) is 23.3 Å². The molecule has 3 aromatic rings. The van der Waals surface area contributed by atoms with Crippen molar-refractivity contribution in [2.45, 2.75) is 23.2 Å². The molecule has 0 saturated carbocycles. The molecule has 0 saturated heterocycles. The molecule has 1 atom stereocenters. The van der Waals surface area contributed by atoms with Gasteiger partial charge in [-0.15, -0.1) is 11.8 Å². The topological polar surface area (TPSA) is 67.4 Å². The summed E-state index contributed by atoms with van der Waals surface area (Å²) < 4.78 is 98.8. The van der Waals surface area contributed by atoms with Gasteiger partial charge in [0, 0.05) is 16.1 Å². The maximum absolute atomic E-state index is 14.0. The van der Waals surface area contributed by atoms with E-state index in [0.29, 0.717) is 21.9 Å². The van der Waals surface area contributed by atoms with Crippen LogP contribution in [-0.2, 0) is 11.0 Å². The Morgan fingerprint density at radius 3 is 1.86 bits per heavy atom. The molecule has 0 heterocycles. The van der Waals surface area contributed by atoms with Crippen molar-refractivity contribution in [2.24, 2.45) is 0 Å². The van der Waals surface area contributed by atoms with E-state index in [1.54, 1.807) is 29.6 Å². The predicted molar refractivity (Wildman–Crippen MR) is 123 cm³/mol. The largest absolute Gasteiger partial charge is 0.497 e. The number of nitrogens with one attached hydrogen (secondary N) is 2. The molecule has 3 aromatic carbocycles. The summed E-state index contributed by atoms with van der Waals surface area (Å²) in [5.74, 6) is -11.0. The number of hydrogen-bond donors (Lipinski definition) is 2. The summed E-state index contributed by atoms with van der Waals surface area (Å²) in [7, 11) is 1.49. The van der Waals surface area contributed by atoms with E-state index in [1.165, 1.54) is 38.3 Å². The summed E-state index contributed by atoms with van der Waals surface area (Å²) in [4.78, 5) is 25.1. The van der Waals surface area contributed by atoms with E-state index in [0.717, 1.165) is 11.8 Å². The molecule has 0 aliphatic carbocycles. The van der Waals surface area contributed by atoms with Gasteiger partial charge >= 0.3 is 6.18 Å². The van der Waals surface area contributed by atoms with Crippen LogP contribution in [-0.4, -0.2) is 24.2 Å². The highest BCUT2D eigenvalue weighted by molar-refractivity contribution is 8.00. The van der Waals surface area contributed by atoms with E-state index in [1.807, 2.05) is 0 Å². The Hall–Kier alpha value is -3.74. The van der Waals surface area contributed by atoms with Crippen LogP contribution in [0.25, 0.3) is 0 Å². The summed E-state index contributed by atoms with van der Waals surface area (Å²) in [6.45, 7) is 1.30. The SMILES string of the molecule is COc1ccc(C(=O)Nc2ccc(SC(C)C(=O)Nc3c(F)c(F)c(C(F)(F)F)c(F)c3F)cc2)cc1. The fraction of sp³-hybridized carbons (Fsp3) is 0.167. The van der Waals surface area contributed by atoms with Gasteiger partial charge in [0.1, 0.15) is 17.0 Å². The molecule has 2 N–H and O–H groups in total. The molecule has 0 aliphatic heterocycles. The number of rotatable bonds is 7. The fourth-order valence-corrected chi connectivity index (χ4v) is 3.90. The second-order valence-corrected chi connectivity index (χ2v) is 8.87. The first-order valence-electron chi connectivity index (χ1n) is 10.3. The summed E-state index contributed by atoms with van der Waals surface area (Å²) in [5.41, 5.74) is -3.61. The van der Waals surface area contributed by atoms with Crippen LogP contribution in [0.2, 0.25) is 0 Å². The lowest BCUT2D eigenvalue weighted by Gasteiger charge is -2.16. The van der Waals surface area contributed by atoms with Gasteiger partial charge in [-0.3, -0.25) is 9.59 Å². The van der Waals surface area contributed by atoms with Crippen molar-refractivity contribution in [3.05, 3.63) is 82.9 Å². The zero-order valence-corrected chi connectivity index (χ0v) is 19.8. The van der Waals surface area contributed by atoms with Crippen molar-refractivity contribution >= 4 is 35.0 Å². The maximum Gasteiger partial charge on any atom is 0.422 e. The molecule has 1 unspecified atom stereocenters. The van der Waals surface area contributed by atoms with Crippen LogP contribution in [0.5, 0.6) is 5.75 Å². The number of halogens is 7. The number of benzene rings is 3. The molecule has 196 valence electrons. The number of alkyl halides is 3. The van der Waals surface area contributed by atoms with E-state index in [4.69, 9.17) is 4.74 Å². The first-order valence-corrected chi connectivity index (χ1v) is 11.2. The van der Waals surface area contributed by atoms with Gasteiger partial charge in [-0.2, -0.15) is 13.2 Å². The molecule has 0 radical (unpaired) electrons. The maximum atomic E-state index is 14.0. The molecule has 0 aromatic heterocycles. The van der Waals surface area contributed by atoms with Gasteiger partial charge in [0.2, 0.25) is 5.91 Å². The summed E-state index contributed by atoms with van der Waals surface area (Å²) in [6.07, 6.45) is -5.69. The predicted octanol–water partition coefficient (Wildman–Crippen LogP) is 6.64. The second kappa shape index (κ2) is 11.1. The average molecular weight is 546 g/mol. The second-order valence-electron chi connectivity index (χ2n) is 7.46. The monoisotopic (exact) mass is 546 g/mol. The number of carbonyl (C=O) groups is 2. The molecule has 13 heteroatoms. The van der Waals surface area contributed by atoms with E-state index >= 15 is 0 Å². The van der Waals surface area contributed by atoms with Crippen LogP contribution >= 0.6 is 11.8 Å². The molecule has 0 aliphatic rings. The summed E-state index contributed by atoms with van der Waals surface area (Å²) in [5, 5.41) is 3.18. The Morgan fingerprint density at radius 2 is 1.38 bits per heavy atom. The minimum Gasteiger partial charge on any atom is -0.497 e. The van der Waals surface area contributed by atoms with E-state index in [9.17, 15) is 40.3 Å². The number of carbonyl (C=O) groups excluding carboxylic acids is 2. The summed E-state index contributed by atoms with van der Waals surface area (Å²) >= 11 is 0.875. The van der Waals surface area contributed by atoms with Gasteiger partial charge in [0.05, 0.1) is 12.4 Å². The third kappa shape index (κ3) is 6.34. The Bertz CT molecular complexity index is 1280. The molecule has 0 spiro atoms. The van der Waals surface area contributed by atoms with Crippen molar-refractivity contribution in [1.29, 1.82) is 0 Å². The van der Waals surface area contributed by atoms with Gasteiger partial charge in [0.15, 0.2) is 23.3 Å². The molecule has 0 bridgehead atoms. The highest BCUT2D eigenvalue weighted by Crippen LogP contribution is 2.38. The van der Waals surface area contributed by atoms with Crippen LogP contribution in [0.3, 0.4) is 0 Å². The minimum absolute atomic E-state index is 0.375. The van der Waals surface area contributed by atoms with Gasteiger partial charge in [-0.1, -0.05) is 0 Å². The minimum atomic E-state index is -5.69. The first-order chi connectivity index (χ1) is 17.3. The number of thioether (sulfide) groups is 1. The van der Waals surface area contributed by atoms with Crippen molar-refractivity contribution in [1.82, 2.24) is 0 Å². The Labute approximate surface area is 210 Å². The van der Waals surface area contributed by atoms with Gasteiger partial charge in [-0.25, -0.2) is 17.6 Å². The van der Waals surface area contributed by atoms with Gasteiger partial charge in [-0.05, 0) is 55.5 Å². The van der Waals surface area contributed by atoms with Crippen molar-refractivity contribution in [2.75, 3.05) is 17.7 Å². The van der Waals surface area contributed by atoms with Crippen molar-refractivity contribution < 1.29 is 45.1 Å². The highest BCUT2D eigenvalue weighted by atomic mass is 32.2. The number of amides is 2. The molecule has 5 nitrogen and oxygen atoms in total. The van der Waals surface area contributed by atoms with Crippen molar-refractivity contribution in [3.63, 3.8) is 0 Å². The Morgan fingerprint density at radius 1 is 0.838 bits per heavy atom. The van der Waals surface area contributed by atoms with E-state index < -0.39 is 57.8 Å². The third-order valence-corrected chi connectivity index (χ3v) is 6.05. The Kier molecular flexibility index (Phi) is 8.36. The van der Waals surface area contributed by atoms with Crippen LogP contribution < -0.4 is 15.4 Å². The summed E-state index contributed by atoms with van der Waals surface area (Å²) in [6, 6.07) is 12.5. The van der Waals surface area contributed by atoms with Crippen LogP contribution in [0.4, 0.5) is 42.1 Å².